The molecule has 3 rings (SSSR count). The van der Waals surface area contributed by atoms with Gasteiger partial charge in [0.25, 0.3) is 5.91 Å². The molecule has 0 spiro atoms. The number of carbonyl (C=O) groups excluding carboxylic acids is 2. The minimum atomic E-state index is -0.521. The SMILES string of the molecule is CCC(C(=O)NC1CCCCC1)N(Cc1ccccc1)C(=O)COc1cc(C)cc(C)c1. The zero-order valence-electron chi connectivity index (χ0n) is 19.6. The number of nitrogens with one attached hydrogen (secondary N) is 1. The first-order valence-electron chi connectivity index (χ1n) is 11.8. The third-order valence-electron chi connectivity index (χ3n) is 6.09. The molecule has 0 heterocycles. The Kier molecular flexibility index (Phi) is 8.72. The predicted molar refractivity (Wildman–Crippen MR) is 127 cm³/mol. The van der Waals surface area contributed by atoms with Crippen LogP contribution in [0.5, 0.6) is 5.75 Å². The van der Waals surface area contributed by atoms with Crippen molar-refractivity contribution in [3.05, 3.63) is 65.2 Å². The summed E-state index contributed by atoms with van der Waals surface area (Å²) in [6.45, 7) is 6.26. The summed E-state index contributed by atoms with van der Waals surface area (Å²) in [5, 5.41) is 3.21. The van der Waals surface area contributed by atoms with Crippen LogP contribution >= 0.6 is 0 Å². The molecule has 2 aromatic carbocycles. The molecule has 1 saturated carbocycles. The fourth-order valence-electron chi connectivity index (χ4n) is 4.49. The fraction of sp³-hybridized carbons (Fsp3) is 0.481. The van der Waals surface area contributed by atoms with Crippen molar-refractivity contribution in [1.29, 1.82) is 0 Å². The Hall–Kier alpha value is -2.82. The van der Waals surface area contributed by atoms with E-state index in [0.29, 0.717) is 18.7 Å². The Morgan fingerprint density at radius 1 is 1.03 bits per heavy atom. The van der Waals surface area contributed by atoms with Gasteiger partial charge in [-0.2, -0.15) is 0 Å². The van der Waals surface area contributed by atoms with Gasteiger partial charge in [0.15, 0.2) is 6.61 Å². The van der Waals surface area contributed by atoms with E-state index in [0.717, 1.165) is 42.4 Å². The van der Waals surface area contributed by atoms with Crippen molar-refractivity contribution in [2.45, 2.75) is 77.9 Å². The fourth-order valence-corrected chi connectivity index (χ4v) is 4.49. The van der Waals surface area contributed by atoms with Gasteiger partial charge < -0.3 is 15.0 Å². The number of hydrogen-bond acceptors (Lipinski definition) is 3. The maximum absolute atomic E-state index is 13.3. The van der Waals surface area contributed by atoms with E-state index in [1.54, 1.807) is 4.90 Å². The molecule has 0 aliphatic heterocycles. The third-order valence-corrected chi connectivity index (χ3v) is 6.09. The van der Waals surface area contributed by atoms with Crippen molar-refractivity contribution < 1.29 is 14.3 Å². The predicted octanol–water partition coefficient (Wildman–Crippen LogP) is 4.94. The second kappa shape index (κ2) is 11.7. The molecule has 172 valence electrons. The molecule has 5 heteroatoms. The Balaban J connectivity index is 1.74. The molecule has 32 heavy (non-hydrogen) atoms. The van der Waals surface area contributed by atoms with Crippen LogP contribution in [0.15, 0.2) is 48.5 Å². The number of carbonyl (C=O) groups is 2. The summed E-state index contributed by atoms with van der Waals surface area (Å²) in [6, 6.07) is 15.4. The first-order valence-corrected chi connectivity index (χ1v) is 11.8. The van der Waals surface area contributed by atoms with Crippen LogP contribution in [0.25, 0.3) is 0 Å². The average Bonchev–Trinajstić information content (AvgIpc) is 2.78. The summed E-state index contributed by atoms with van der Waals surface area (Å²) in [5.41, 5.74) is 3.18. The van der Waals surface area contributed by atoms with E-state index in [9.17, 15) is 9.59 Å². The van der Waals surface area contributed by atoms with Crippen molar-refractivity contribution >= 4 is 11.8 Å². The second-order valence-electron chi connectivity index (χ2n) is 8.89. The van der Waals surface area contributed by atoms with E-state index in [2.05, 4.69) is 11.4 Å². The normalized spacial score (nSPS) is 15.1. The van der Waals surface area contributed by atoms with Crippen molar-refractivity contribution in [1.82, 2.24) is 10.2 Å². The molecule has 1 atom stereocenters. The Bertz CT molecular complexity index is 871. The molecule has 1 unspecified atom stereocenters. The van der Waals surface area contributed by atoms with Gasteiger partial charge in [-0.25, -0.2) is 0 Å². The van der Waals surface area contributed by atoms with Crippen LogP contribution in [-0.2, 0) is 16.1 Å². The number of nitrogens with zero attached hydrogens (tertiary/aromatic N) is 1. The lowest BCUT2D eigenvalue weighted by Gasteiger charge is -2.32. The number of amides is 2. The number of benzene rings is 2. The lowest BCUT2D eigenvalue weighted by molar-refractivity contribution is -0.143. The van der Waals surface area contributed by atoms with Crippen molar-refractivity contribution in [3.63, 3.8) is 0 Å². The molecule has 1 aliphatic rings. The molecule has 0 aromatic heterocycles. The van der Waals surface area contributed by atoms with E-state index in [-0.39, 0.29) is 24.5 Å². The number of rotatable bonds is 9. The van der Waals surface area contributed by atoms with Crippen LogP contribution in [0, 0.1) is 13.8 Å². The highest BCUT2D eigenvalue weighted by Crippen LogP contribution is 2.20. The molecule has 2 amide bonds. The lowest BCUT2D eigenvalue weighted by Crippen LogP contribution is -2.52. The van der Waals surface area contributed by atoms with E-state index < -0.39 is 6.04 Å². The molecular formula is C27H36N2O3. The van der Waals surface area contributed by atoms with Crippen molar-refractivity contribution in [2.24, 2.45) is 0 Å². The minimum Gasteiger partial charge on any atom is -0.484 e. The third kappa shape index (κ3) is 6.84. The van der Waals surface area contributed by atoms with Crippen LogP contribution in [0.3, 0.4) is 0 Å². The lowest BCUT2D eigenvalue weighted by atomic mass is 9.95. The molecular weight excluding hydrogens is 400 g/mol. The van der Waals surface area contributed by atoms with Gasteiger partial charge in [-0.15, -0.1) is 0 Å². The summed E-state index contributed by atoms with van der Waals surface area (Å²) in [6.07, 6.45) is 6.13. The Morgan fingerprint density at radius 2 is 1.69 bits per heavy atom. The highest BCUT2D eigenvalue weighted by atomic mass is 16.5. The Morgan fingerprint density at radius 3 is 2.31 bits per heavy atom. The van der Waals surface area contributed by atoms with Gasteiger partial charge in [0.1, 0.15) is 11.8 Å². The van der Waals surface area contributed by atoms with Gasteiger partial charge >= 0.3 is 0 Å². The standard InChI is InChI=1S/C27H36N2O3/c1-4-25(27(31)28-23-13-9-6-10-14-23)29(18-22-11-7-5-8-12-22)26(30)19-32-24-16-20(2)15-21(3)17-24/h5,7-8,11-12,15-17,23,25H,4,6,9-10,13-14,18-19H2,1-3H3,(H,28,31). The van der Waals surface area contributed by atoms with Crippen LogP contribution in [-0.4, -0.2) is 35.4 Å². The quantitative estimate of drug-likeness (QED) is 0.606. The van der Waals surface area contributed by atoms with E-state index in [4.69, 9.17) is 4.74 Å². The summed E-state index contributed by atoms with van der Waals surface area (Å²) in [7, 11) is 0. The zero-order chi connectivity index (χ0) is 22.9. The highest BCUT2D eigenvalue weighted by Gasteiger charge is 2.30. The van der Waals surface area contributed by atoms with Gasteiger partial charge in [-0.1, -0.05) is 62.6 Å². The van der Waals surface area contributed by atoms with Crippen LogP contribution in [0.1, 0.15) is 62.1 Å². The number of ether oxygens (including phenoxy) is 1. The van der Waals surface area contributed by atoms with Gasteiger partial charge in [-0.05, 0) is 61.9 Å². The van der Waals surface area contributed by atoms with E-state index in [1.807, 2.05) is 63.2 Å². The summed E-state index contributed by atoms with van der Waals surface area (Å²) < 4.78 is 5.85. The average molecular weight is 437 g/mol. The van der Waals surface area contributed by atoms with Gasteiger partial charge in [0.2, 0.25) is 5.91 Å². The minimum absolute atomic E-state index is 0.0601. The van der Waals surface area contributed by atoms with Crippen LogP contribution in [0.4, 0.5) is 0 Å². The summed E-state index contributed by atoms with van der Waals surface area (Å²) in [5.74, 6) is 0.434. The van der Waals surface area contributed by atoms with Crippen molar-refractivity contribution in [2.75, 3.05) is 6.61 Å². The topological polar surface area (TPSA) is 58.6 Å². The molecule has 1 N–H and O–H groups in total. The molecule has 0 bridgehead atoms. The molecule has 2 aromatic rings. The molecule has 1 fully saturated rings. The van der Waals surface area contributed by atoms with Gasteiger partial charge in [0.05, 0.1) is 0 Å². The molecule has 1 aliphatic carbocycles. The molecule has 5 nitrogen and oxygen atoms in total. The number of aryl methyl sites for hydroxylation is 2. The van der Waals surface area contributed by atoms with Crippen LogP contribution < -0.4 is 10.1 Å². The first kappa shape index (κ1) is 23.8. The van der Waals surface area contributed by atoms with Crippen LogP contribution in [0.2, 0.25) is 0 Å². The smallest absolute Gasteiger partial charge is 0.261 e. The maximum atomic E-state index is 13.3. The van der Waals surface area contributed by atoms with Crippen molar-refractivity contribution in [3.8, 4) is 5.75 Å². The van der Waals surface area contributed by atoms with Gasteiger partial charge in [-0.3, -0.25) is 9.59 Å². The Labute approximate surface area is 192 Å². The molecule has 0 radical (unpaired) electrons. The maximum Gasteiger partial charge on any atom is 0.261 e. The zero-order valence-corrected chi connectivity index (χ0v) is 19.6. The second-order valence-corrected chi connectivity index (χ2v) is 8.89. The summed E-state index contributed by atoms with van der Waals surface area (Å²) in [4.78, 5) is 28.2. The monoisotopic (exact) mass is 436 g/mol. The first-order chi connectivity index (χ1) is 15.5. The largest absolute Gasteiger partial charge is 0.484 e. The van der Waals surface area contributed by atoms with E-state index in [1.165, 1.54) is 6.42 Å². The van der Waals surface area contributed by atoms with Gasteiger partial charge in [0, 0.05) is 12.6 Å². The number of hydrogen-bond donors (Lipinski definition) is 1. The highest BCUT2D eigenvalue weighted by molar-refractivity contribution is 5.88. The molecule has 0 saturated heterocycles. The summed E-state index contributed by atoms with van der Waals surface area (Å²) >= 11 is 0. The van der Waals surface area contributed by atoms with E-state index >= 15 is 0 Å².